The molecule has 1 atom stereocenters. The summed E-state index contributed by atoms with van der Waals surface area (Å²) < 4.78 is 18.9. The average molecular weight is 444 g/mol. The van der Waals surface area contributed by atoms with Crippen LogP contribution in [0, 0.1) is 12.7 Å². The predicted octanol–water partition coefficient (Wildman–Crippen LogP) is 3.12. The highest BCUT2D eigenvalue weighted by molar-refractivity contribution is 5.94. The van der Waals surface area contributed by atoms with E-state index in [4.69, 9.17) is 4.74 Å². The second-order valence-corrected chi connectivity index (χ2v) is 8.40. The molecule has 2 aromatic rings. The van der Waals surface area contributed by atoms with Crippen LogP contribution in [0.5, 0.6) is 0 Å². The molecule has 7 nitrogen and oxygen atoms in total. The number of rotatable bonds is 8. The van der Waals surface area contributed by atoms with E-state index in [1.807, 2.05) is 30.3 Å². The Hall–Kier alpha value is -3.42. The quantitative estimate of drug-likeness (QED) is 0.546. The molecule has 0 aliphatic rings. The Morgan fingerprint density at radius 2 is 1.66 bits per heavy atom. The molecule has 0 aliphatic carbocycles. The number of halogens is 1. The monoisotopic (exact) mass is 443 g/mol. The fourth-order valence-corrected chi connectivity index (χ4v) is 2.83. The van der Waals surface area contributed by atoms with Crippen LogP contribution in [-0.4, -0.2) is 42.6 Å². The fourth-order valence-electron chi connectivity index (χ4n) is 2.83. The summed E-state index contributed by atoms with van der Waals surface area (Å²) in [4.78, 5) is 37.0. The van der Waals surface area contributed by atoms with Crippen molar-refractivity contribution in [2.24, 2.45) is 0 Å². The minimum Gasteiger partial charge on any atom is -0.444 e. The molecule has 0 saturated carbocycles. The van der Waals surface area contributed by atoms with Gasteiger partial charge in [0, 0.05) is 25.1 Å². The Morgan fingerprint density at radius 3 is 2.28 bits per heavy atom. The van der Waals surface area contributed by atoms with Crippen LogP contribution < -0.4 is 16.0 Å². The van der Waals surface area contributed by atoms with Crippen molar-refractivity contribution in [3.05, 3.63) is 71.0 Å². The van der Waals surface area contributed by atoms with E-state index in [0.29, 0.717) is 5.56 Å². The molecule has 3 amide bonds. The standard InChI is InChI=1S/C24H30FN3O4/c1-16-10-11-18(15-19(16)25)21(29)26-12-13-27-22(30)20(14-17-8-6-5-7-9-17)28-23(31)32-24(2,3)4/h5-11,15,20H,12-14H2,1-4H3,(H,26,29)(H,27,30)(H,28,31)/t20-/m1/s1. The largest absolute Gasteiger partial charge is 0.444 e. The summed E-state index contributed by atoms with van der Waals surface area (Å²) in [5.41, 5.74) is 0.833. The van der Waals surface area contributed by atoms with Crippen molar-refractivity contribution in [3.8, 4) is 0 Å². The van der Waals surface area contributed by atoms with Crippen molar-refractivity contribution in [1.82, 2.24) is 16.0 Å². The van der Waals surface area contributed by atoms with Crippen molar-refractivity contribution in [2.45, 2.75) is 45.8 Å². The molecule has 0 unspecified atom stereocenters. The number of hydrogen-bond donors (Lipinski definition) is 3. The van der Waals surface area contributed by atoms with Gasteiger partial charge in [0.1, 0.15) is 17.5 Å². The Balaban J connectivity index is 1.91. The van der Waals surface area contributed by atoms with E-state index in [0.717, 1.165) is 5.56 Å². The van der Waals surface area contributed by atoms with E-state index in [1.165, 1.54) is 18.2 Å². The molecule has 2 aromatic carbocycles. The van der Waals surface area contributed by atoms with E-state index in [9.17, 15) is 18.8 Å². The Bertz CT molecular complexity index is 942. The molecule has 0 aromatic heterocycles. The third-order valence-electron chi connectivity index (χ3n) is 4.43. The summed E-state index contributed by atoms with van der Waals surface area (Å²) in [6.07, 6.45) is -0.413. The number of hydrogen-bond acceptors (Lipinski definition) is 4. The van der Waals surface area contributed by atoms with Gasteiger partial charge in [-0.25, -0.2) is 9.18 Å². The van der Waals surface area contributed by atoms with E-state index in [1.54, 1.807) is 27.7 Å². The maximum absolute atomic E-state index is 13.6. The van der Waals surface area contributed by atoms with Crippen molar-refractivity contribution >= 4 is 17.9 Å². The van der Waals surface area contributed by atoms with Gasteiger partial charge in [-0.05, 0) is 51.0 Å². The molecule has 0 bridgehead atoms. The normalized spacial score (nSPS) is 11.9. The molecule has 0 saturated heterocycles. The van der Waals surface area contributed by atoms with Crippen LogP contribution >= 0.6 is 0 Å². The molecule has 0 aliphatic heterocycles. The lowest BCUT2D eigenvalue weighted by Gasteiger charge is -2.23. The number of carbonyl (C=O) groups is 3. The van der Waals surface area contributed by atoms with Crippen molar-refractivity contribution in [2.75, 3.05) is 13.1 Å². The van der Waals surface area contributed by atoms with Crippen molar-refractivity contribution in [1.29, 1.82) is 0 Å². The minimum absolute atomic E-state index is 0.139. The van der Waals surface area contributed by atoms with Gasteiger partial charge in [0.25, 0.3) is 5.91 Å². The molecule has 172 valence electrons. The number of amides is 3. The lowest BCUT2D eigenvalue weighted by Crippen LogP contribution is -2.50. The van der Waals surface area contributed by atoms with E-state index >= 15 is 0 Å². The maximum atomic E-state index is 13.6. The number of nitrogens with one attached hydrogen (secondary N) is 3. The topological polar surface area (TPSA) is 96.5 Å². The molecular formula is C24H30FN3O4. The van der Waals surface area contributed by atoms with Crippen LogP contribution in [0.25, 0.3) is 0 Å². The van der Waals surface area contributed by atoms with E-state index in [-0.39, 0.29) is 25.1 Å². The summed E-state index contributed by atoms with van der Waals surface area (Å²) in [5.74, 6) is -1.30. The van der Waals surface area contributed by atoms with Gasteiger partial charge in [-0.3, -0.25) is 9.59 Å². The van der Waals surface area contributed by atoms with Gasteiger partial charge in [0.15, 0.2) is 0 Å². The van der Waals surface area contributed by atoms with Crippen LogP contribution in [0.1, 0.15) is 42.3 Å². The molecular weight excluding hydrogens is 413 g/mol. The number of benzene rings is 2. The Kier molecular flexibility index (Phi) is 8.75. The molecule has 0 heterocycles. The molecule has 32 heavy (non-hydrogen) atoms. The summed E-state index contributed by atoms with van der Waals surface area (Å²) in [5, 5.41) is 7.94. The van der Waals surface area contributed by atoms with Crippen LogP contribution in [0.3, 0.4) is 0 Å². The summed E-state index contributed by atoms with van der Waals surface area (Å²) in [6.45, 7) is 7.11. The summed E-state index contributed by atoms with van der Waals surface area (Å²) in [6, 6.07) is 12.7. The summed E-state index contributed by atoms with van der Waals surface area (Å²) >= 11 is 0. The first-order valence-electron chi connectivity index (χ1n) is 10.4. The van der Waals surface area contributed by atoms with Gasteiger partial charge in [-0.1, -0.05) is 36.4 Å². The molecule has 0 fully saturated rings. The molecule has 3 N–H and O–H groups in total. The van der Waals surface area contributed by atoms with Gasteiger partial charge in [0.2, 0.25) is 5.91 Å². The number of aryl methyl sites for hydroxylation is 1. The van der Waals surface area contributed by atoms with Crippen LogP contribution in [0.15, 0.2) is 48.5 Å². The lowest BCUT2D eigenvalue weighted by molar-refractivity contribution is -0.123. The molecule has 8 heteroatoms. The first-order chi connectivity index (χ1) is 15.0. The van der Waals surface area contributed by atoms with Crippen molar-refractivity contribution in [3.63, 3.8) is 0 Å². The summed E-state index contributed by atoms with van der Waals surface area (Å²) in [7, 11) is 0. The smallest absolute Gasteiger partial charge is 0.408 e. The minimum atomic E-state index is -0.853. The lowest BCUT2D eigenvalue weighted by atomic mass is 10.1. The van der Waals surface area contributed by atoms with Gasteiger partial charge >= 0.3 is 6.09 Å². The zero-order valence-electron chi connectivity index (χ0n) is 18.8. The fraction of sp³-hybridized carbons (Fsp3) is 0.375. The highest BCUT2D eigenvalue weighted by Gasteiger charge is 2.24. The van der Waals surface area contributed by atoms with E-state index < -0.39 is 35.4 Å². The van der Waals surface area contributed by atoms with Crippen LogP contribution in [0.4, 0.5) is 9.18 Å². The zero-order chi connectivity index (χ0) is 23.7. The zero-order valence-corrected chi connectivity index (χ0v) is 18.8. The highest BCUT2D eigenvalue weighted by Crippen LogP contribution is 2.10. The van der Waals surface area contributed by atoms with Gasteiger partial charge in [-0.2, -0.15) is 0 Å². The second kappa shape index (κ2) is 11.3. The Morgan fingerprint density at radius 1 is 1.00 bits per heavy atom. The van der Waals surface area contributed by atoms with Crippen LogP contribution in [0.2, 0.25) is 0 Å². The Labute approximate surface area is 187 Å². The van der Waals surface area contributed by atoms with Gasteiger partial charge < -0.3 is 20.7 Å². The highest BCUT2D eigenvalue weighted by atomic mass is 19.1. The first-order valence-corrected chi connectivity index (χ1v) is 10.4. The van der Waals surface area contributed by atoms with E-state index in [2.05, 4.69) is 16.0 Å². The van der Waals surface area contributed by atoms with Gasteiger partial charge in [0.05, 0.1) is 0 Å². The average Bonchev–Trinajstić information content (AvgIpc) is 2.71. The third kappa shape index (κ3) is 8.37. The molecule has 0 radical (unpaired) electrons. The SMILES string of the molecule is Cc1ccc(C(=O)NCCNC(=O)[C@@H](Cc2ccccc2)NC(=O)OC(C)(C)C)cc1F. The molecule has 2 rings (SSSR count). The third-order valence-corrected chi connectivity index (χ3v) is 4.43. The number of alkyl carbamates (subject to hydrolysis) is 1. The predicted molar refractivity (Wildman–Crippen MR) is 120 cm³/mol. The van der Waals surface area contributed by atoms with Crippen LogP contribution in [-0.2, 0) is 16.0 Å². The van der Waals surface area contributed by atoms with Crippen molar-refractivity contribution < 1.29 is 23.5 Å². The second-order valence-electron chi connectivity index (χ2n) is 8.40. The van der Waals surface area contributed by atoms with Gasteiger partial charge in [-0.15, -0.1) is 0 Å². The number of carbonyl (C=O) groups excluding carboxylic acids is 3. The number of ether oxygens (including phenoxy) is 1. The first kappa shape index (κ1) is 24.8. The molecule has 0 spiro atoms. The maximum Gasteiger partial charge on any atom is 0.408 e.